The number of ether oxygens (including phenoxy) is 1. The first-order valence-electron chi connectivity index (χ1n) is 10.6. The van der Waals surface area contributed by atoms with E-state index in [1.165, 1.54) is 38.5 Å². The van der Waals surface area contributed by atoms with Gasteiger partial charge in [-0.1, -0.05) is 58.1 Å². The molecule has 2 atom stereocenters. The van der Waals surface area contributed by atoms with Crippen LogP contribution >= 0.6 is 0 Å². The van der Waals surface area contributed by atoms with Gasteiger partial charge >= 0.3 is 5.97 Å². The zero-order chi connectivity index (χ0) is 18.7. The first kappa shape index (κ1) is 19.4. The number of esters is 1. The molecule has 3 heteroatoms. The normalized spacial score (nSPS) is 26.9. The second-order valence-corrected chi connectivity index (χ2v) is 8.39. The van der Waals surface area contributed by atoms with Crippen LogP contribution in [-0.4, -0.2) is 12.1 Å². The van der Waals surface area contributed by atoms with E-state index in [1.807, 2.05) is 19.1 Å². The van der Waals surface area contributed by atoms with Crippen LogP contribution in [0.3, 0.4) is 0 Å². The number of hydrogen-bond acceptors (Lipinski definition) is 2. The third kappa shape index (κ3) is 3.97. The van der Waals surface area contributed by atoms with Crippen LogP contribution in [0.15, 0.2) is 12.1 Å². The Kier molecular flexibility index (Phi) is 6.37. The van der Waals surface area contributed by atoms with Crippen molar-refractivity contribution < 1.29 is 13.9 Å². The molecular weight excluding hydrogens is 327 g/mol. The number of benzene rings is 1. The van der Waals surface area contributed by atoms with Crippen molar-refractivity contribution in [1.82, 2.24) is 0 Å². The Bertz CT molecular complexity index is 631. The Morgan fingerprint density at radius 3 is 2.54 bits per heavy atom. The highest BCUT2D eigenvalue weighted by molar-refractivity contribution is 5.92. The van der Waals surface area contributed by atoms with E-state index >= 15 is 4.39 Å². The summed E-state index contributed by atoms with van der Waals surface area (Å²) < 4.78 is 20.7. The number of cyclic esters (lactones) is 1. The van der Waals surface area contributed by atoms with Crippen molar-refractivity contribution in [2.45, 2.75) is 90.6 Å². The van der Waals surface area contributed by atoms with Gasteiger partial charge in [0.1, 0.15) is 11.9 Å². The minimum Gasteiger partial charge on any atom is -0.459 e. The van der Waals surface area contributed by atoms with E-state index in [2.05, 4.69) is 13.8 Å². The van der Waals surface area contributed by atoms with Crippen LogP contribution in [0.2, 0.25) is 0 Å². The molecule has 0 N–H and O–H groups in total. The van der Waals surface area contributed by atoms with Gasteiger partial charge in [0.15, 0.2) is 0 Å². The predicted molar refractivity (Wildman–Crippen MR) is 103 cm³/mol. The fourth-order valence-corrected chi connectivity index (χ4v) is 5.15. The molecule has 1 fully saturated rings. The van der Waals surface area contributed by atoms with Crippen LogP contribution in [-0.2, 0) is 11.2 Å². The number of rotatable bonds is 6. The standard InChI is InChI=1S/C23H33FO2/c1-4-6-16-8-10-17(11-9-16)19(7-5-2)20-13-12-18-14-15(3)26-23(25)21(18)22(20)24/h12-13,15-17,19H,4-11,14H2,1-3H3. The summed E-state index contributed by atoms with van der Waals surface area (Å²) in [5.74, 6) is 0.811. The van der Waals surface area contributed by atoms with Gasteiger partial charge in [0.25, 0.3) is 0 Å². The highest BCUT2D eigenvalue weighted by Gasteiger charge is 2.33. The Labute approximate surface area is 157 Å². The SMILES string of the molecule is CCCC1CCC(C(CCC)c2ccc3c(c2F)C(=O)OC(C)C3)CC1. The number of hydrogen-bond donors (Lipinski definition) is 0. The molecule has 1 aromatic carbocycles. The molecule has 2 nitrogen and oxygen atoms in total. The molecule has 1 saturated carbocycles. The topological polar surface area (TPSA) is 26.3 Å². The number of carbonyl (C=O) groups excluding carboxylic acids is 1. The van der Waals surface area contributed by atoms with Gasteiger partial charge in [-0.2, -0.15) is 0 Å². The summed E-state index contributed by atoms with van der Waals surface area (Å²) in [6, 6.07) is 3.92. The lowest BCUT2D eigenvalue weighted by atomic mass is 9.71. The molecule has 3 rings (SSSR count). The van der Waals surface area contributed by atoms with Gasteiger partial charge in [-0.3, -0.25) is 0 Å². The average Bonchev–Trinajstić information content (AvgIpc) is 2.61. The Balaban J connectivity index is 1.85. The van der Waals surface area contributed by atoms with Gasteiger partial charge in [0.05, 0.1) is 5.56 Å². The van der Waals surface area contributed by atoms with E-state index < -0.39 is 5.97 Å². The second-order valence-electron chi connectivity index (χ2n) is 8.39. The van der Waals surface area contributed by atoms with Gasteiger partial charge in [-0.15, -0.1) is 0 Å². The quantitative estimate of drug-likeness (QED) is 0.547. The maximum absolute atomic E-state index is 15.4. The molecule has 144 valence electrons. The second kappa shape index (κ2) is 8.54. The molecule has 0 saturated heterocycles. The summed E-state index contributed by atoms with van der Waals surface area (Å²) in [4.78, 5) is 12.3. The van der Waals surface area contributed by atoms with Crippen LogP contribution in [0.25, 0.3) is 0 Å². The predicted octanol–water partition coefficient (Wildman–Crippen LogP) is 6.42. The molecule has 0 radical (unpaired) electrons. The van der Waals surface area contributed by atoms with Gasteiger partial charge in [-0.05, 0) is 55.1 Å². The summed E-state index contributed by atoms with van der Waals surface area (Å²) in [5, 5.41) is 0. The molecule has 0 aromatic heterocycles. The lowest BCUT2D eigenvalue weighted by Gasteiger charge is -2.35. The Morgan fingerprint density at radius 1 is 1.15 bits per heavy atom. The minimum atomic E-state index is -0.486. The van der Waals surface area contributed by atoms with Gasteiger partial charge in [0, 0.05) is 6.42 Å². The van der Waals surface area contributed by atoms with Crippen molar-refractivity contribution in [2.24, 2.45) is 11.8 Å². The molecule has 1 heterocycles. The van der Waals surface area contributed by atoms with Crippen molar-refractivity contribution in [2.75, 3.05) is 0 Å². The van der Waals surface area contributed by atoms with E-state index in [-0.39, 0.29) is 23.4 Å². The molecule has 0 spiro atoms. The van der Waals surface area contributed by atoms with Crippen LogP contribution < -0.4 is 0 Å². The fraction of sp³-hybridized carbons (Fsp3) is 0.696. The van der Waals surface area contributed by atoms with Crippen molar-refractivity contribution >= 4 is 5.97 Å². The molecule has 2 aliphatic rings. The van der Waals surface area contributed by atoms with Crippen LogP contribution in [0.4, 0.5) is 4.39 Å². The maximum atomic E-state index is 15.4. The molecular formula is C23H33FO2. The third-order valence-corrected chi connectivity index (χ3v) is 6.43. The molecule has 0 bridgehead atoms. The summed E-state index contributed by atoms with van der Waals surface area (Å²) >= 11 is 0. The highest BCUT2D eigenvalue weighted by Crippen LogP contribution is 2.43. The minimum absolute atomic E-state index is 0.166. The van der Waals surface area contributed by atoms with Crippen molar-refractivity contribution in [3.05, 3.63) is 34.6 Å². The number of fused-ring (bicyclic) bond motifs is 1. The molecule has 1 aromatic rings. The van der Waals surface area contributed by atoms with Gasteiger partial charge in [0.2, 0.25) is 0 Å². The van der Waals surface area contributed by atoms with E-state index in [9.17, 15) is 4.79 Å². The smallest absolute Gasteiger partial charge is 0.341 e. The zero-order valence-corrected chi connectivity index (χ0v) is 16.5. The first-order chi connectivity index (χ1) is 12.5. The van der Waals surface area contributed by atoms with Crippen LogP contribution in [0.1, 0.15) is 99.5 Å². The summed E-state index contributed by atoms with van der Waals surface area (Å²) in [7, 11) is 0. The van der Waals surface area contributed by atoms with Crippen molar-refractivity contribution in [1.29, 1.82) is 0 Å². The average molecular weight is 361 g/mol. The summed E-state index contributed by atoms with van der Waals surface area (Å²) in [5.41, 5.74) is 1.74. The van der Waals surface area contributed by atoms with Crippen molar-refractivity contribution in [3.63, 3.8) is 0 Å². The summed E-state index contributed by atoms with van der Waals surface area (Å²) in [6.45, 7) is 6.29. The highest BCUT2D eigenvalue weighted by atomic mass is 19.1. The van der Waals surface area contributed by atoms with Crippen molar-refractivity contribution in [3.8, 4) is 0 Å². The van der Waals surface area contributed by atoms with E-state index in [0.717, 1.165) is 29.9 Å². The lowest BCUT2D eigenvalue weighted by Crippen LogP contribution is -2.28. The Morgan fingerprint density at radius 2 is 1.88 bits per heavy atom. The first-order valence-corrected chi connectivity index (χ1v) is 10.6. The number of carbonyl (C=O) groups is 1. The molecule has 1 aliphatic heterocycles. The maximum Gasteiger partial charge on any atom is 0.341 e. The fourth-order valence-electron chi connectivity index (χ4n) is 5.15. The van der Waals surface area contributed by atoms with E-state index in [1.54, 1.807) is 0 Å². The molecule has 0 amide bonds. The largest absolute Gasteiger partial charge is 0.459 e. The summed E-state index contributed by atoms with van der Waals surface area (Å²) in [6.07, 6.45) is 9.97. The van der Waals surface area contributed by atoms with Crippen LogP contribution in [0.5, 0.6) is 0 Å². The number of halogens is 1. The van der Waals surface area contributed by atoms with Crippen LogP contribution in [0, 0.1) is 17.7 Å². The zero-order valence-electron chi connectivity index (χ0n) is 16.5. The Hall–Kier alpha value is -1.38. The van der Waals surface area contributed by atoms with Gasteiger partial charge in [-0.25, -0.2) is 9.18 Å². The third-order valence-electron chi connectivity index (χ3n) is 6.43. The van der Waals surface area contributed by atoms with E-state index in [4.69, 9.17) is 4.74 Å². The lowest BCUT2D eigenvalue weighted by molar-refractivity contribution is 0.0293. The molecule has 26 heavy (non-hydrogen) atoms. The van der Waals surface area contributed by atoms with E-state index in [0.29, 0.717) is 12.3 Å². The van der Waals surface area contributed by atoms with Gasteiger partial charge < -0.3 is 4.74 Å². The molecule has 2 unspecified atom stereocenters. The molecule has 1 aliphatic carbocycles. The monoisotopic (exact) mass is 360 g/mol.